The molecule has 0 saturated carbocycles. The standard InChI is InChI=1S/C46H26N4O7S3/c51-38-27-16-8-7-15-26(27)19-30(38)47-33-20-31-41(58-33)43-36(49(31)45(54)56-22-24-11-3-1-4-12-24)37-44(60-43)42-32(50(37)46(55)57-23-25-13-5-2-6-14-25)21-34(59-42)48-35-39(52)28-17-9-10-18-29(28)40(35)53/h1-18,20-21H,19,22-23H2/b47-30+. The summed E-state index contributed by atoms with van der Waals surface area (Å²) in [6.07, 6.45) is -0.967. The Morgan fingerprint density at radius 2 is 1.05 bits per heavy atom. The van der Waals surface area contributed by atoms with Gasteiger partial charge in [-0.3, -0.25) is 14.4 Å². The van der Waals surface area contributed by atoms with Crippen LogP contribution in [0.4, 0.5) is 19.6 Å². The van der Waals surface area contributed by atoms with Crippen LogP contribution in [0.1, 0.15) is 27.0 Å². The van der Waals surface area contributed by atoms with Crippen LogP contribution in [0.5, 0.6) is 0 Å². The van der Waals surface area contributed by atoms with Crippen molar-refractivity contribution < 1.29 is 23.9 Å². The number of Topliss-reactive ketones (excluding diaryl/α,β-unsaturated/α-hetero) is 1. The Hall–Kier alpha value is -7.13. The summed E-state index contributed by atoms with van der Waals surface area (Å²) in [6.45, 7) is -0.0173. The maximum Gasteiger partial charge on any atom is 0.419 e. The fraction of sp³-hybridized carbons (Fsp3) is 0.0652. The van der Waals surface area contributed by atoms with Gasteiger partial charge >= 0.3 is 12.2 Å². The smallest absolute Gasteiger partial charge is 0.419 e. The summed E-state index contributed by atoms with van der Waals surface area (Å²) in [7, 11) is 0. The normalized spacial score (nSPS) is 13.4. The molecule has 0 fully saturated rings. The molecule has 0 atom stereocenters. The summed E-state index contributed by atoms with van der Waals surface area (Å²) in [5, 5.41) is 1.28. The van der Waals surface area contributed by atoms with E-state index in [0.29, 0.717) is 74.6 Å². The third kappa shape index (κ3) is 5.71. The molecule has 0 bridgehead atoms. The molecule has 1 aliphatic carbocycles. The summed E-state index contributed by atoms with van der Waals surface area (Å²) in [6, 6.07) is 36.1. The van der Waals surface area contributed by atoms with Crippen LogP contribution in [0.3, 0.4) is 0 Å². The fourth-order valence-electron chi connectivity index (χ4n) is 7.81. The van der Waals surface area contributed by atoms with Gasteiger partial charge in [0.2, 0.25) is 16.6 Å². The van der Waals surface area contributed by atoms with E-state index in [9.17, 15) is 24.0 Å². The third-order valence-electron chi connectivity index (χ3n) is 10.6. The average Bonchev–Trinajstić information content (AvgIpc) is 4.14. The molecule has 0 radical (unpaired) electrons. The SMILES string of the molecule is O=C1/C(=N/c2cc3c(s2)c2sc4c5sc(N=c6c(=O)c7ccccc7c6=O)cc5n(C(=O)OCc5ccccc5)c4c2n3C(=O)OCc2ccccc2)Cc2ccccc21. The van der Waals surface area contributed by atoms with E-state index in [0.717, 1.165) is 21.4 Å². The van der Waals surface area contributed by atoms with Gasteiger partial charge in [-0.15, -0.1) is 34.0 Å². The quantitative estimate of drug-likeness (QED) is 0.162. The first kappa shape index (κ1) is 36.0. The van der Waals surface area contributed by atoms with Gasteiger partial charge in [0, 0.05) is 22.8 Å². The molecule has 5 aromatic heterocycles. The first-order valence-electron chi connectivity index (χ1n) is 18.8. The molecule has 0 amide bonds. The van der Waals surface area contributed by atoms with Gasteiger partial charge in [0.05, 0.1) is 46.6 Å². The molecule has 5 aromatic carbocycles. The van der Waals surface area contributed by atoms with E-state index in [2.05, 4.69) is 4.99 Å². The lowest BCUT2D eigenvalue weighted by atomic mass is 10.1. The number of rotatable bonds is 6. The molecular weight excluding hydrogens is 817 g/mol. The minimum atomic E-state index is -0.698. The summed E-state index contributed by atoms with van der Waals surface area (Å²) in [4.78, 5) is 78.1. The molecule has 0 spiro atoms. The summed E-state index contributed by atoms with van der Waals surface area (Å²) >= 11 is 3.95. The highest BCUT2D eigenvalue weighted by molar-refractivity contribution is 7.35. The Morgan fingerprint density at radius 1 is 0.567 bits per heavy atom. The lowest BCUT2D eigenvalue weighted by molar-refractivity contribution is 0.106. The van der Waals surface area contributed by atoms with Crippen molar-refractivity contribution in [3.8, 4) is 0 Å². The number of fused-ring (bicyclic) bond motifs is 9. The van der Waals surface area contributed by atoms with Crippen LogP contribution in [0.15, 0.2) is 141 Å². The lowest BCUT2D eigenvalue weighted by Crippen LogP contribution is -2.31. The fourth-order valence-corrected chi connectivity index (χ4v) is 11.4. The topological polar surface area (TPSA) is 138 Å². The van der Waals surface area contributed by atoms with Gasteiger partial charge in [0.25, 0.3) is 0 Å². The van der Waals surface area contributed by atoms with Crippen molar-refractivity contribution in [1.82, 2.24) is 9.13 Å². The molecule has 5 heterocycles. The second-order valence-corrected chi connectivity index (χ2v) is 17.3. The molecule has 11 rings (SSSR count). The highest BCUT2D eigenvalue weighted by Gasteiger charge is 2.32. The van der Waals surface area contributed by atoms with Crippen molar-refractivity contribution in [2.24, 2.45) is 9.98 Å². The summed E-state index contributed by atoms with van der Waals surface area (Å²) in [5.74, 6) is -0.131. The number of carbonyl (C=O) groups excluding carboxylic acids is 3. The van der Waals surface area contributed by atoms with Gasteiger partial charge in [-0.05, 0) is 28.8 Å². The number of hydrogen-bond donors (Lipinski definition) is 0. The van der Waals surface area contributed by atoms with Gasteiger partial charge in [-0.1, -0.05) is 109 Å². The highest BCUT2D eigenvalue weighted by Crippen LogP contribution is 2.51. The molecule has 0 aliphatic heterocycles. The zero-order valence-corrected chi connectivity index (χ0v) is 33.5. The number of carbonyl (C=O) groups is 3. The van der Waals surface area contributed by atoms with E-state index in [1.807, 2.05) is 78.9 Å². The molecule has 0 N–H and O–H groups in total. The number of benzene rings is 4. The third-order valence-corrected chi connectivity index (χ3v) is 14.1. The Kier molecular flexibility index (Phi) is 8.41. The number of ether oxygens (including phenoxy) is 2. The zero-order chi connectivity index (χ0) is 40.6. The summed E-state index contributed by atoms with van der Waals surface area (Å²) in [5.41, 5.74) is 4.44. The number of nitrogens with zero attached hydrogens (tertiary/aromatic N) is 4. The number of thiophene rings is 3. The largest absolute Gasteiger partial charge is 0.444 e. The maximum atomic E-state index is 14.4. The van der Waals surface area contributed by atoms with E-state index in [-0.39, 0.29) is 24.4 Å². The Bertz CT molecular complexity index is 3590. The van der Waals surface area contributed by atoms with Crippen molar-refractivity contribution in [3.63, 3.8) is 0 Å². The summed E-state index contributed by atoms with van der Waals surface area (Å²) < 4.78 is 17.5. The van der Waals surface area contributed by atoms with Crippen LogP contribution >= 0.6 is 34.0 Å². The molecule has 60 heavy (non-hydrogen) atoms. The Labute approximate surface area is 349 Å². The first-order chi connectivity index (χ1) is 29.3. The average molecular weight is 843 g/mol. The minimum absolute atomic E-state index is 0.000397. The van der Waals surface area contributed by atoms with E-state index in [4.69, 9.17) is 14.5 Å². The van der Waals surface area contributed by atoms with Crippen molar-refractivity contribution in [2.75, 3.05) is 0 Å². The number of hydrogen-bond acceptors (Lipinski definition) is 12. The van der Waals surface area contributed by atoms with Gasteiger partial charge in [0.15, 0.2) is 5.36 Å². The predicted octanol–water partition coefficient (Wildman–Crippen LogP) is 9.95. The lowest BCUT2D eigenvalue weighted by Gasteiger charge is -2.10. The molecule has 290 valence electrons. The van der Waals surface area contributed by atoms with Gasteiger partial charge in [-0.2, -0.15) is 0 Å². The van der Waals surface area contributed by atoms with E-state index >= 15 is 0 Å². The van der Waals surface area contributed by atoms with Crippen LogP contribution in [-0.2, 0) is 29.1 Å². The Morgan fingerprint density at radius 3 is 1.58 bits per heavy atom. The zero-order valence-electron chi connectivity index (χ0n) is 31.0. The van der Waals surface area contributed by atoms with Crippen LogP contribution in [0.25, 0.3) is 51.6 Å². The number of ketones is 1. The van der Waals surface area contributed by atoms with Gasteiger partial charge < -0.3 is 9.47 Å². The Balaban J connectivity index is 1.12. The maximum absolute atomic E-state index is 14.4. The van der Waals surface area contributed by atoms with E-state index in [1.54, 1.807) is 42.5 Å². The van der Waals surface area contributed by atoms with Crippen LogP contribution < -0.4 is 16.2 Å². The number of aliphatic imine (C=N–C) groups is 1. The highest BCUT2D eigenvalue weighted by atomic mass is 32.1. The molecule has 10 aromatic rings. The molecule has 1 aliphatic rings. The molecule has 0 saturated heterocycles. The second kappa shape index (κ2) is 14.0. The van der Waals surface area contributed by atoms with Crippen molar-refractivity contribution in [3.05, 3.63) is 169 Å². The second-order valence-electron chi connectivity index (χ2n) is 14.2. The molecule has 0 unspecified atom stereocenters. The van der Waals surface area contributed by atoms with Crippen LogP contribution in [0, 0.1) is 0 Å². The minimum Gasteiger partial charge on any atom is -0.444 e. The van der Waals surface area contributed by atoms with E-state index < -0.39 is 23.0 Å². The molecular formula is C46H26N4O7S3. The van der Waals surface area contributed by atoms with E-state index in [1.165, 1.54) is 43.1 Å². The monoisotopic (exact) mass is 842 g/mol. The molecule has 11 nitrogen and oxygen atoms in total. The first-order valence-corrected chi connectivity index (χ1v) is 21.2. The molecule has 14 heteroatoms. The van der Waals surface area contributed by atoms with Gasteiger partial charge in [-0.25, -0.2) is 28.7 Å². The van der Waals surface area contributed by atoms with Crippen LogP contribution in [0.2, 0.25) is 0 Å². The van der Waals surface area contributed by atoms with Crippen LogP contribution in [-0.4, -0.2) is 32.8 Å². The number of aromatic nitrogens is 2. The predicted molar refractivity (Wildman–Crippen MR) is 236 cm³/mol. The van der Waals surface area contributed by atoms with Crippen molar-refractivity contribution in [2.45, 2.75) is 19.6 Å². The van der Waals surface area contributed by atoms with Gasteiger partial charge in [0.1, 0.15) is 23.2 Å². The van der Waals surface area contributed by atoms with Crippen molar-refractivity contribution in [1.29, 1.82) is 0 Å². The van der Waals surface area contributed by atoms with Crippen molar-refractivity contribution >= 4 is 119 Å².